The van der Waals surface area contributed by atoms with Gasteiger partial charge in [-0.1, -0.05) is 0 Å². The minimum Gasteiger partial charge on any atom is -0.467 e. The van der Waals surface area contributed by atoms with Crippen molar-refractivity contribution in [3.8, 4) is 0 Å². The molecule has 0 bridgehead atoms. The number of likely N-dealkylation sites (tertiary alicyclic amines) is 1. The summed E-state index contributed by atoms with van der Waals surface area (Å²) in [5, 5.41) is 5.04. The van der Waals surface area contributed by atoms with Crippen molar-refractivity contribution in [3.05, 3.63) is 0 Å². The number of hydrogen-bond donors (Lipinski definition) is 2. The lowest BCUT2D eigenvalue weighted by Gasteiger charge is -2.27. The molecular formula is C18H31N3O7. The quantitative estimate of drug-likeness (QED) is 0.535. The molecule has 0 aromatic rings. The Hall–Kier alpha value is -2.52. The van der Waals surface area contributed by atoms with Gasteiger partial charge >= 0.3 is 18.2 Å². The van der Waals surface area contributed by atoms with Gasteiger partial charge in [-0.2, -0.15) is 0 Å². The third-order valence-electron chi connectivity index (χ3n) is 3.56. The van der Waals surface area contributed by atoms with Gasteiger partial charge < -0.3 is 24.8 Å². The molecule has 0 aromatic carbocycles. The second-order valence-electron chi connectivity index (χ2n) is 8.53. The highest BCUT2D eigenvalue weighted by Crippen LogP contribution is 2.22. The number of carbonyl (C=O) groups is 4. The van der Waals surface area contributed by atoms with Crippen molar-refractivity contribution < 1.29 is 33.4 Å². The fraction of sp³-hybridized carbons (Fsp3) is 0.778. The number of hydrogen-bond acceptors (Lipinski definition) is 7. The summed E-state index contributed by atoms with van der Waals surface area (Å²) < 4.78 is 15.1. The molecule has 1 heterocycles. The van der Waals surface area contributed by atoms with E-state index in [1.165, 1.54) is 12.0 Å². The van der Waals surface area contributed by atoms with Crippen molar-refractivity contribution >= 4 is 24.1 Å². The predicted molar refractivity (Wildman–Crippen MR) is 99.5 cm³/mol. The number of nitrogens with zero attached hydrogens (tertiary/aromatic N) is 1. The molecule has 2 N–H and O–H groups in total. The zero-order valence-corrected chi connectivity index (χ0v) is 17.6. The summed E-state index contributed by atoms with van der Waals surface area (Å²) in [6.07, 6.45) is -1.19. The lowest BCUT2D eigenvalue weighted by atomic mass is 10.1. The van der Waals surface area contributed by atoms with Gasteiger partial charge in [0.2, 0.25) is 5.91 Å². The summed E-state index contributed by atoms with van der Waals surface area (Å²) in [6.45, 7) is 10.1. The van der Waals surface area contributed by atoms with E-state index in [0.717, 1.165) is 0 Å². The summed E-state index contributed by atoms with van der Waals surface area (Å²) in [7, 11) is 1.23. The molecule has 0 aromatic heterocycles. The van der Waals surface area contributed by atoms with Crippen LogP contribution >= 0.6 is 0 Å². The Kier molecular flexibility index (Phi) is 7.66. The van der Waals surface area contributed by atoms with Crippen LogP contribution in [0, 0.1) is 0 Å². The van der Waals surface area contributed by atoms with Crippen LogP contribution in [0.3, 0.4) is 0 Å². The molecule has 10 heteroatoms. The summed E-state index contributed by atoms with van der Waals surface area (Å²) in [4.78, 5) is 49.3. The van der Waals surface area contributed by atoms with E-state index in [1.807, 2.05) is 0 Å². The van der Waals surface area contributed by atoms with E-state index in [2.05, 4.69) is 10.6 Å². The first kappa shape index (κ1) is 23.5. The van der Waals surface area contributed by atoms with E-state index in [-0.39, 0.29) is 19.5 Å². The molecule has 1 rings (SSSR count). The van der Waals surface area contributed by atoms with Gasteiger partial charge in [0.25, 0.3) is 0 Å². The molecule has 0 aliphatic carbocycles. The van der Waals surface area contributed by atoms with Gasteiger partial charge in [-0.15, -0.1) is 0 Å². The number of ether oxygens (including phenoxy) is 3. The van der Waals surface area contributed by atoms with Crippen LogP contribution < -0.4 is 10.6 Å². The second kappa shape index (κ2) is 9.11. The monoisotopic (exact) mass is 401 g/mol. The lowest BCUT2D eigenvalue weighted by Crippen LogP contribution is -2.45. The van der Waals surface area contributed by atoms with Gasteiger partial charge in [0.05, 0.1) is 7.11 Å². The second-order valence-corrected chi connectivity index (χ2v) is 8.53. The Morgan fingerprint density at radius 2 is 1.57 bits per heavy atom. The van der Waals surface area contributed by atoms with Gasteiger partial charge in [0, 0.05) is 19.0 Å². The highest BCUT2D eigenvalue weighted by Gasteiger charge is 2.42. The highest BCUT2D eigenvalue weighted by atomic mass is 16.6. The maximum atomic E-state index is 12.4. The summed E-state index contributed by atoms with van der Waals surface area (Å²) in [6, 6.07) is -1.34. The van der Waals surface area contributed by atoms with Crippen LogP contribution in [0.2, 0.25) is 0 Å². The number of esters is 1. The molecule has 160 valence electrons. The van der Waals surface area contributed by atoms with Crippen LogP contribution in [0.25, 0.3) is 0 Å². The van der Waals surface area contributed by atoms with Crippen LogP contribution in [0.15, 0.2) is 0 Å². The SMILES string of the molecule is COC(=O)[C@H]1CC(NC(=O)CNC(=O)OC(C)(C)C)CN1C(=O)OC(C)(C)C. The standard InChI is InChI=1S/C18H31N3O7/c1-17(2,3)27-15(24)19-9-13(22)20-11-8-12(14(23)26-7)21(10-11)16(25)28-18(4,5)6/h11-12H,8-10H2,1-7H3,(H,19,24)(H,20,22)/t11?,12-/m1/s1. The number of rotatable bonds is 4. The lowest BCUT2D eigenvalue weighted by molar-refractivity contribution is -0.145. The van der Waals surface area contributed by atoms with Crippen molar-refractivity contribution in [3.63, 3.8) is 0 Å². The predicted octanol–water partition coefficient (Wildman–Crippen LogP) is 1.18. The Labute approximate surface area is 165 Å². The summed E-state index contributed by atoms with van der Waals surface area (Å²) in [5.41, 5.74) is -1.40. The van der Waals surface area contributed by atoms with Crippen LogP contribution in [-0.2, 0) is 23.8 Å². The van der Waals surface area contributed by atoms with Crippen LogP contribution in [-0.4, -0.2) is 72.4 Å². The first-order valence-electron chi connectivity index (χ1n) is 9.05. The van der Waals surface area contributed by atoms with Crippen LogP contribution in [0.5, 0.6) is 0 Å². The van der Waals surface area contributed by atoms with E-state index >= 15 is 0 Å². The van der Waals surface area contributed by atoms with E-state index in [0.29, 0.717) is 0 Å². The zero-order chi connectivity index (χ0) is 21.7. The van der Waals surface area contributed by atoms with Crippen molar-refractivity contribution in [1.82, 2.24) is 15.5 Å². The van der Waals surface area contributed by atoms with Crippen molar-refractivity contribution in [1.29, 1.82) is 0 Å². The Bertz CT molecular complexity index is 607. The first-order chi connectivity index (χ1) is 12.7. The molecule has 1 aliphatic heterocycles. The van der Waals surface area contributed by atoms with Crippen LogP contribution in [0.1, 0.15) is 48.0 Å². The van der Waals surface area contributed by atoms with E-state index in [9.17, 15) is 19.2 Å². The maximum Gasteiger partial charge on any atom is 0.411 e. The molecule has 1 fully saturated rings. The molecule has 1 unspecified atom stereocenters. The fourth-order valence-corrected chi connectivity index (χ4v) is 2.57. The highest BCUT2D eigenvalue weighted by molar-refractivity contribution is 5.84. The van der Waals surface area contributed by atoms with Gasteiger partial charge in [-0.05, 0) is 41.5 Å². The number of amides is 3. The molecule has 1 saturated heterocycles. The Balaban J connectivity index is 2.64. The normalized spacial score (nSPS) is 19.6. The Morgan fingerprint density at radius 1 is 1.00 bits per heavy atom. The summed E-state index contributed by atoms with van der Waals surface area (Å²) >= 11 is 0. The smallest absolute Gasteiger partial charge is 0.411 e. The third-order valence-corrected chi connectivity index (χ3v) is 3.56. The minimum atomic E-state index is -0.857. The molecule has 3 amide bonds. The van der Waals surface area contributed by atoms with Crippen molar-refractivity contribution in [2.75, 3.05) is 20.2 Å². The fourth-order valence-electron chi connectivity index (χ4n) is 2.57. The number of nitrogens with one attached hydrogen (secondary N) is 2. The minimum absolute atomic E-state index is 0.0901. The van der Waals surface area contributed by atoms with E-state index in [4.69, 9.17) is 14.2 Å². The molecule has 2 atom stereocenters. The summed E-state index contributed by atoms with van der Waals surface area (Å²) in [5.74, 6) is -1.06. The molecule has 0 spiro atoms. The molecule has 28 heavy (non-hydrogen) atoms. The van der Waals surface area contributed by atoms with E-state index in [1.54, 1.807) is 41.5 Å². The molecule has 10 nitrogen and oxygen atoms in total. The largest absolute Gasteiger partial charge is 0.467 e. The van der Waals surface area contributed by atoms with Gasteiger partial charge in [0.1, 0.15) is 23.8 Å². The molecule has 1 aliphatic rings. The average Bonchev–Trinajstić information content (AvgIpc) is 2.93. The number of methoxy groups -OCH3 is 1. The number of carbonyl (C=O) groups excluding carboxylic acids is 4. The van der Waals surface area contributed by atoms with Gasteiger partial charge in [-0.3, -0.25) is 9.69 Å². The third kappa shape index (κ3) is 8.01. The number of alkyl carbamates (subject to hydrolysis) is 1. The van der Waals surface area contributed by atoms with E-state index < -0.39 is 47.3 Å². The average molecular weight is 401 g/mol. The van der Waals surface area contributed by atoms with Gasteiger partial charge in [0.15, 0.2) is 0 Å². The van der Waals surface area contributed by atoms with Crippen molar-refractivity contribution in [2.45, 2.75) is 71.2 Å². The van der Waals surface area contributed by atoms with Crippen LogP contribution in [0.4, 0.5) is 9.59 Å². The topological polar surface area (TPSA) is 123 Å². The van der Waals surface area contributed by atoms with Crippen molar-refractivity contribution in [2.24, 2.45) is 0 Å². The Morgan fingerprint density at radius 3 is 2.07 bits per heavy atom. The molecule has 0 radical (unpaired) electrons. The molecular weight excluding hydrogens is 370 g/mol. The molecule has 0 saturated carbocycles. The zero-order valence-electron chi connectivity index (χ0n) is 17.6. The maximum absolute atomic E-state index is 12.4. The van der Waals surface area contributed by atoms with Gasteiger partial charge in [-0.25, -0.2) is 14.4 Å². The first-order valence-corrected chi connectivity index (χ1v) is 9.05.